The molecule has 0 radical (unpaired) electrons. The summed E-state index contributed by atoms with van der Waals surface area (Å²) in [6.45, 7) is 6.00. The maximum absolute atomic E-state index is 5.87. The van der Waals surface area contributed by atoms with Gasteiger partial charge in [-0.3, -0.25) is 0 Å². The Bertz CT molecular complexity index is 239. The van der Waals surface area contributed by atoms with Gasteiger partial charge in [0, 0.05) is 25.6 Å². The quantitative estimate of drug-likeness (QED) is 0.552. The smallest absolute Gasteiger partial charge is 0.0218 e. The van der Waals surface area contributed by atoms with Gasteiger partial charge in [-0.15, -0.1) is 11.8 Å². The van der Waals surface area contributed by atoms with Crippen molar-refractivity contribution >= 4 is 0 Å². The minimum absolute atomic E-state index is 0.501. The van der Waals surface area contributed by atoms with Gasteiger partial charge in [-0.25, -0.2) is 0 Å². The molecule has 1 saturated carbocycles. The van der Waals surface area contributed by atoms with Gasteiger partial charge in [-0.05, 0) is 31.6 Å². The molecule has 1 rings (SSSR count). The van der Waals surface area contributed by atoms with E-state index in [9.17, 15) is 0 Å². The summed E-state index contributed by atoms with van der Waals surface area (Å²) >= 11 is 0. The topological polar surface area (TPSA) is 38.0 Å². The van der Waals surface area contributed by atoms with Crippen LogP contribution in [0.3, 0.4) is 0 Å². The zero-order valence-electron chi connectivity index (χ0n) is 10.8. The SMILES string of the molecule is CC#CCCNC(CN)C1CCCC(C)C1. The third-order valence-corrected chi connectivity index (χ3v) is 3.63. The van der Waals surface area contributed by atoms with Gasteiger partial charge in [-0.2, -0.15) is 0 Å². The number of nitrogens with two attached hydrogens (primary N) is 1. The molecule has 0 saturated heterocycles. The molecule has 2 nitrogen and oxygen atoms in total. The highest BCUT2D eigenvalue weighted by atomic mass is 14.9. The van der Waals surface area contributed by atoms with Gasteiger partial charge in [0.2, 0.25) is 0 Å². The third kappa shape index (κ3) is 4.55. The maximum Gasteiger partial charge on any atom is 0.0218 e. The lowest BCUT2D eigenvalue weighted by Gasteiger charge is -2.33. The first-order valence-corrected chi connectivity index (χ1v) is 6.61. The first-order valence-electron chi connectivity index (χ1n) is 6.61. The van der Waals surface area contributed by atoms with E-state index in [-0.39, 0.29) is 0 Å². The van der Waals surface area contributed by atoms with Gasteiger partial charge >= 0.3 is 0 Å². The molecule has 0 spiro atoms. The monoisotopic (exact) mass is 222 g/mol. The van der Waals surface area contributed by atoms with Crippen LogP contribution in [0.25, 0.3) is 0 Å². The molecule has 92 valence electrons. The number of hydrogen-bond acceptors (Lipinski definition) is 2. The highest BCUT2D eigenvalue weighted by Crippen LogP contribution is 2.30. The van der Waals surface area contributed by atoms with Crippen molar-refractivity contribution in [1.29, 1.82) is 0 Å². The molecule has 0 amide bonds. The molecule has 16 heavy (non-hydrogen) atoms. The van der Waals surface area contributed by atoms with Crippen molar-refractivity contribution in [2.24, 2.45) is 17.6 Å². The Morgan fingerprint density at radius 3 is 2.88 bits per heavy atom. The summed E-state index contributed by atoms with van der Waals surface area (Å²) in [6, 6.07) is 0.501. The lowest BCUT2D eigenvalue weighted by atomic mass is 9.78. The molecule has 0 heterocycles. The van der Waals surface area contributed by atoms with Crippen LogP contribution in [0, 0.1) is 23.7 Å². The van der Waals surface area contributed by atoms with Crippen LogP contribution in [-0.4, -0.2) is 19.1 Å². The van der Waals surface area contributed by atoms with E-state index in [1.54, 1.807) is 0 Å². The Labute approximate surface area is 100 Å². The van der Waals surface area contributed by atoms with Gasteiger partial charge in [-0.1, -0.05) is 19.8 Å². The van der Waals surface area contributed by atoms with Crippen LogP contribution in [0.1, 0.15) is 46.0 Å². The molecular formula is C14H26N2. The fourth-order valence-electron chi connectivity index (χ4n) is 2.73. The number of nitrogens with one attached hydrogen (secondary N) is 1. The van der Waals surface area contributed by atoms with Crippen LogP contribution in [0.5, 0.6) is 0 Å². The molecule has 0 aromatic carbocycles. The highest BCUT2D eigenvalue weighted by molar-refractivity contribution is 4.95. The van der Waals surface area contributed by atoms with Crippen molar-refractivity contribution in [2.45, 2.75) is 52.0 Å². The minimum Gasteiger partial charge on any atom is -0.329 e. The lowest BCUT2D eigenvalue weighted by molar-refractivity contribution is 0.226. The molecule has 1 aliphatic rings. The molecule has 3 atom stereocenters. The zero-order valence-corrected chi connectivity index (χ0v) is 10.8. The summed E-state index contributed by atoms with van der Waals surface area (Å²) in [5.41, 5.74) is 5.87. The van der Waals surface area contributed by atoms with Crippen molar-refractivity contribution in [3.8, 4) is 11.8 Å². The fourth-order valence-corrected chi connectivity index (χ4v) is 2.73. The van der Waals surface area contributed by atoms with Crippen molar-refractivity contribution in [2.75, 3.05) is 13.1 Å². The van der Waals surface area contributed by atoms with Crippen LogP contribution in [0.4, 0.5) is 0 Å². The Kier molecular flexibility index (Phi) is 6.52. The van der Waals surface area contributed by atoms with E-state index in [4.69, 9.17) is 5.73 Å². The number of hydrogen-bond donors (Lipinski definition) is 2. The van der Waals surface area contributed by atoms with Gasteiger partial charge in [0.1, 0.15) is 0 Å². The standard InChI is InChI=1S/C14H26N2/c1-3-4-5-9-16-14(11-15)13-8-6-7-12(2)10-13/h12-14,16H,5-11,15H2,1-2H3. The summed E-state index contributed by atoms with van der Waals surface area (Å²) in [7, 11) is 0. The molecule has 0 aromatic rings. The van der Waals surface area contributed by atoms with E-state index in [1.165, 1.54) is 25.7 Å². The average Bonchev–Trinajstić information content (AvgIpc) is 2.29. The van der Waals surface area contributed by atoms with Crippen LogP contribution in [0.15, 0.2) is 0 Å². The van der Waals surface area contributed by atoms with E-state index in [0.29, 0.717) is 6.04 Å². The third-order valence-electron chi connectivity index (χ3n) is 3.63. The molecule has 3 N–H and O–H groups in total. The summed E-state index contributed by atoms with van der Waals surface area (Å²) in [6.07, 6.45) is 6.40. The van der Waals surface area contributed by atoms with Crippen LogP contribution in [-0.2, 0) is 0 Å². The maximum atomic E-state index is 5.87. The van der Waals surface area contributed by atoms with Crippen LogP contribution in [0.2, 0.25) is 0 Å². The molecule has 1 fully saturated rings. The Balaban J connectivity index is 2.30. The van der Waals surface area contributed by atoms with Crippen molar-refractivity contribution in [1.82, 2.24) is 5.32 Å². The normalized spacial score (nSPS) is 26.9. The van der Waals surface area contributed by atoms with Crippen molar-refractivity contribution in [3.63, 3.8) is 0 Å². The second-order valence-corrected chi connectivity index (χ2v) is 5.00. The largest absolute Gasteiger partial charge is 0.329 e. The zero-order chi connectivity index (χ0) is 11.8. The predicted octanol–water partition coefficient (Wildman–Crippen LogP) is 2.14. The van der Waals surface area contributed by atoms with Gasteiger partial charge in [0.05, 0.1) is 0 Å². The molecule has 3 unspecified atom stereocenters. The minimum atomic E-state index is 0.501. The first kappa shape index (κ1) is 13.5. The van der Waals surface area contributed by atoms with Crippen molar-refractivity contribution < 1.29 is 0 Å². The Morgan fingerprint density at radius 2 is 2.25 bits per heavy atom. The van der Waals surface area contributed by atoms with E-state index in [2.05, 4.69) is 24.1 Å². The summed E-state index contributed by atoms with van der Waals surface area (Å²) < 4.78 is 0. The second-order valence-electron chi connectivity index (χ2n) is 5.00. The van der Waals surface area contributed by atoms with Gasteiger partial charge < -0.3 is 11.1 Å². The molecule has 2 heteroatoms. The molecule has 0 bridgehead atoms. The Morgan fingerprint density at radius 1 is 1.44 bits per heavy atom. The Hall–Kier alpha value is -0.520. The van der Waals surface area contributed by atoms with E-state index < -0.39 is 0 Å². The van der Waals surface area contributed by atoms with Crippen LogP contribution < -0.4 is 11.1 Å². The fraction of sp³-hybridized carbons (Fsp3) is 0.857. The van der Waals surface area contributed by atoms with Crippen LogP contribution >= 0.6 is 0 Å². The van der Waals surface area contributed by atoms with Gasteiger partial charge in [0.15, 0.2) is 0 Å². The molecular weight excluding hydrogens is 196 g/mol. The van der Waals surface area contributed by atoms with Gasteiger partial charge in [0.25, 0.3) is 0 Å². The predicted molar refractivity (Wildman–Crippen MR) is 70.0 cm³/mol. The highest BCUT2D eigenvalue weighted by Gasteiger charge is 2.25. The summed E-state index contributed by atoms with van der Waals surface area (Å²) in [5.74, 6) is 7.67. The number of rotatable bonds is 5. The molecule has 1 aliphatic carbocycles. The lowest BCUT2D eigenvalue weighted by Crippen LogP contribution is -2.44. The average molecular weight is 222 g/mol. The summed E-state index contributed by atoms with van der Waals surface area (Å²) in [4.78, 5) is 0. The summed E-state index contributed by atoms with van der Waals surface area (Å²) in [5, 5.41) is 3.57. The van der Waals surface area contributed by atoms with Crippen molar-refractivity contribution in [3.05, 3.63) is 0 Å². The van der Waals surface area contributed by atoms with E-state index in [0.717, 1.165) is 31.3 Å². The second kappa shape index (κ2) is 7.70. The van der Waals surface area contributed by atoms with E-state index in [1.807, 2.05) is 6.92 Å². The van der Waals surface area contributed by atoms with E-state index >= 15 is 0 Å². The molecule has 0 aromatic heterocycles. The first-order chi connectivity index (χ1) is 7.77. The molecule has 0 aliphatic heterocycles.